The lowest BCUT2D eigenvalue weighted by molar-refractivity contribution is -0.117. The molecule has 1 saturated heterocycles. The van der Waals surface area contributed by atoms with E-state index in [2.05, 4.69) is 5.32 Å². The van der Waals surface area contributed by atoms with Crippen LogP contribution in [-0.2, 0) is 14.8 Å². The first-order valence-electron chi connectivity index (χ1n) is 6.68. The van der Waals surface area contributed by atoms with E-state index in [1.54, 1.807) is 0 Å². The van der Waals surface area contributed by atoms with Crippen molar-refractivity contribution in [2.45, 2.75) is 17.7 Å². The monoisotopic (exact) mass is 345 g/mol. The number of amides is 2. The van der Waals surface area contributed by atoms with E-state index in [4.69, 9.17) is 17.3 Å². The molecular formula is C13H16ClN3O4S. The third-order valence-electron chi connectivity index (χ3n) is 3.30. The minimum atomic E-state index is -3.73. The smallest absolute Gasteiger partial charge is 0.251 e. The van der Waals surface area contributed by atoms with Crippen molar-refractivity contribution in [1.82, 2.24) is 9.62 Å². The number of sulfonamides is 1. The summed E-state index contributed by atoms with van der Waals surface area (Å²) in [5, 5.41) is 2.36. The minimum Gasteiger partial charge on any atom is -0.368 e. The zero-order valence-electron chi connectivity index (χ0n) is 11.7. The van der Waals surface area contributed by atoms with Crippen LogP contribution >= 0.6 is 11.6 Å². The number of nitrogens with two attached hydrogens (primary N) is 1. The summed E-state index contributed by atoms with van der Waals surface area (Å²) in [6.07, 6.45) is 1.60. The highest BCUT2D eigenvalue weighted by Crippen LogP contribution is 2.28. The van der Waals surface area contributed by atoms with Gasteiger partial charge in [0.05, 0.1) is 11.6 Å². The fourth-order valence-electron chi connectivity index (χ4n) is 2.18. The molecule has 1 fully saturated rings. The lowest BCUT2D eigenvalue weighted by Crippen LogP contribution is -2.33. The van der Waals surface area contributed by atoms with Gasteiger partial charge >= 0.3 is 0 Å². The Kier molecular flexibility index (Phi) is 5.05. The van der Waals surface area contributed by atoms with Crippen molar-refractivity contribution in [3.63, 3.8) is 0 Å². The fraction of sp³-hybridized carbons (Fsp3) is 0.385. The van der Waals surface area contributed by atoms with Gasteiger partial charge in [-0.05, 0) is 31.0 Å². The number of nitrogens with one attached hydrogen (secondary N) is 1. The third-order valence-corrected chi connectivity index (χ3v) is 5.68. The fourth-order valence-corrected chi connectivity index (χ4v) is 4.20. The van der Waals surface area contributed by atoms with E-state index in [0.29, 0.717) is 13.1 Å². The number of carbonyl (C=O) groups excluding carboxylic acids is 2. The summed E-state index contributed by atoms with van der Waals surface area (Å²) >= 11 is 5.98. The van der Waals surface area contributed by atoms with Crippen molar-refractivity contribution in [2.24, 2.45) is 5.73 Å². The molecule has 0 radical (unpaired) electrons. The van der Waals surface area contributed by atoms with E-state index < -0.39 is 21.8 Å². The van der Waals surface area contributed by atoms with Crippen molar-refractivity contribution in [3.8, 4) is 0 Å². The van der Waals surface area contributed by atoms with Gasteiger partial charge in [-0.1, -0.05) is 11.6 Å². The molecule has 0 unspecified atom stereocenters. The van der Waals surface area contributed by atoms with Crippen LogP contribution in [0.3, 0.4) is 0 Å². The van der Waals surface area contributed by atoms with Crippen LogP contribution in [0, 0.1) is 0 Å². The van der Waals surface area contributed by atoms with Crippen molar-refractivity contribution in [2.75, 3.05) is 19.6 Å². The zero-order valence-corrected chi connectivity index (χ0v) is 13.3. The Morgan fingerprint density at radius 1 is 1.27 bits per heavy atom. The molecule has 3 N–H and O–H groups in total. The van der Waals surface area contributed by atoms with Crippen molar-refractivity contribution in [1.29, 1.82) is 0 Å². The summed E-state index contributed by atoms with van der Waals surface area (Å²) < 4.78 is 26.4. The van der Waals surface area contributed by atoms with Gasteiger partial charge in [0.1, 0.15) is 4.90 Å². The SMILES string of the molecule is NC(=O)CNC(=O)c1ccc(Cl)c(S(=O)(=O)N2CCCC2)c1. The Hall–Kier alpha value is -1.64. The van der Waals surface area contributed by atoms with Crippen LogP contribution < -0.4 is 11.1 Å². The third kappa shape index (κ3) is 3.57. The first-order chi connectivity index (χ1) is 10.3. The topological polar surface area (TPSA) is 110 Å². The summed E-state index contributed by atoms with van der Waals surface area (Å²) in [7, 11) is -3.73. The molecule has 0 spiro atoms. The normalized spacial score (nSPS) is 15.7. The molecule has 1 heterocycles. The van der Waals surface area contributed by atoms with E-state index in [0.717, 1.165) is 12.8 Å². The van der Waals surface area contributed by atoms with E-state index in [1.807, 2.05) is 0 Å². The maximum atomic E-state index is 12.5. The molecule has 7 nitrogen and oxygen atoms in total. The molecule has 0 saturated carbocycles. The number of benzene rings is 1. The van der Waals surface area contributed by atoms with E-state index >= 15 is 0 Å². The van der Waals surface area contributed by atoms with Crippen LogP contribution in [0.4, 0.5) is 0 Å². The maximum absolute atomic E-state index is 12.5. The molecule has 0 bridgehead atoms. The summed E-state index contributed by atoms with van der Waals surface area (Å²) in [4.78, 5) is 22.5. The highest BCUT2D eigenvalue weighted by Gasteiger charge is 2.29. The van der Waals surface area contributed by atoms with Crippen molar-refractivity contribution >= 4 is 33.4 Å². The number of hydrogen-bond donors (Lipinski definition) is 2. The molecular weight excluding hydrogens is 330 g/mol. The number of rotatable bonds is 5. The zero-order chi connectivity index (χ0) is 16.3. The summed E-state index contributed by atoms with van der Waals surface area (Å²) in [5.74, 6) is -1.28. The maximum Gasteiger partial charge on any atom is 0.251 e. The van der Waals surface area contributed by atoms with Gasteiger partial charge in [0.2, 0.25) is 15.9 Å². The van der Waals surface area contributed by atoms with Gasteiger partial charge < -0.3 is 11.1 Å². The van der Waals surface area contributed by atoms with Gasteiger partial charge in [0.25, 0.3) is 5.91 Å². The van der Waals surface area contributed by atoms with Crippen LogP contribution in [0.15, 0.2) is 23.1 Å². The first kappa shape index (κ1) is 16.7. The summed E-state index contributed by atoms with van der Waals surface area (Å²) in [5.41, 5.74) is 5.05. The second-order valence-electron chi connectivity index (χ2n) is 4.91. The lowest BCUT2D eigenvalue weighted by Gasteiger charge is -2.17. The molecule has 1 aromatic rings. The second kappa shape index (κ2) is 6.64. The second-order valence-corrected chi connectivity index (χ2v) is 7.22. The molecule has 1 aliphatic rings. The Labute approximate surface area is 133 Å². The van der Waals surface area contributed by atoms with Gasteiger partial charge in [-0.3, -0.25) is 9.59 Å². The number of primary amides is 1. The number of nitrogens with zero attached hydrogens (tertiary/aromatic N) is 1. The van der Waals surface area contributed by atoms with Crippen LogP contribution in [-0.4, -0.2) is 44.2 Å². The molecule has 22 heavy (non-hydrogen) atoms. The highest BCUT2D eigenvalue weighted by molar-refractivity contribution is 7.89. The van der Waals surface area contributed by atoms with E-state index in [9.17, 15) is 18.0 Å². The van der Waals surface area contributed by atoms with Gasteiger partial charge in [0.15, 0.2) is 0 Å². The van der Waals surface area contributed by atoms with Gasteiger partial charge in [-0.15, -0.1) is 0 Å². The Bertz CT molecular complexity index is 699. The highest BCUT2D eigenvalue weighted by atomic mass is 35.5. The van der Waals surface area contributed by atoms with Crippen molar-refractivity contribution in [3.05, 3.63) is 28.8 Å². The molecule has 1 aliphatic heterocycles. The van der Waals surface area contributed by atoms with Crippen LogP contribution in [0.2, 0.25) is 5.02 Å². The van der Waals surface area contributed by atoms with Crippen molar-refractivity contribution < 1.29 is 18.0 Å². The Morgan fingerprint density at radius 3 is 2.50 bits per heavy atom. The first-order valence-corrected chi connectivity index (χ1v) is 8.50. The standard InChI is InChI=1S/C13H16ClN3O4S/c14-10-4-3-9(13(19)16-8-12(15)18)7-11(10)22(20,21)17-5-1-2-6-17/h3-4,7H,1-2,5-6,8H2,(H2,15,18)(H,16,19). The van der Waals surface area contributed by atoms with E-state index in [1.165, 1.54) is 22.5 Å². The van der Waals surface area contributed by atoms with E-state index in [-0.39, 0.29) is 22.0 Å². The molecule has 2 rings (SSSR count). The molecule has 1 aromatic carbocycles. The predicted molar refractivity (Wildman–Crippen MR) is 81.0 cm³/mol. The average molecular weight is 346 g/mol. The summed E-state index contributed by atoms with van der Waals surface area (Å²) in [6, 6.07) is 3.96. The van der Waals surface area contributed by atoms with Crippen LogP contribution in [0.5, 0.6) is 0 Å². The largest absolute Gasteiger partial charge is 0.368 e. The van der Waals surface area contributed by atoms with Gasteiger partial charge in [0, 0.05) is 18.7 Å². The average Bonchev–Trinajstić information content (AvgIpc) is 3.00. The number of hydrogen-bond acceptors (Lipinski definition) is 4. The Morgan fingerprint density at radius 2 is 1.91 bits per heavy atom. The quantitative estimate of drug-likeness (QED) is 0.801. The minimum absolute atomic E-state index is 0.0540. The molecule has 0 aromatic heterocycles. The lowest BCUT2D eigenvalue weighted by atomic mass is 10.2. The number of halogens is 1. The predicted octanol–water partition coefficient (Wildman–Crippen LogP) is 0.340. The molecule has 0 atom stereocenters. The molecule has 9 heteroatoms. The molecule has 120 valence electrons. The van der Waals surface area contributed by atoms with Crippen LogP contribution in [0.1, 0.15) is 23.2 Å². The van der Waals surface area contributed by atoms with Gasteiger partial charge in [-0.2, -0.15) is 4.31 Å². The summed E-state index contributed by atoms with van der Waals surface area (Å²) in [6.45, 7) is 0.559. The Balaban J connectivity index is 2.30. The number of carbonyl (C=O) groups is 2. The van der Waals surface area contributed by atoms with Crippen LogP contribution in [0.25, 0.3) is 0 Å². The van der Waals surface area contributed by atoms with Gasteiger partial charge in [-0.25, -0.2) is 8.42 Å². The molecule has 0 aliphatic carbocycles. The molecule has 2 amide bonds.